The first-order chi connectivity index (χ1) is 12.2. The van der Waals surface area contributed by atoms with Gasteiger partial charge in [-0.05, 0) is 18.1 Å². The number of hydrogen-bond acceptors (Lipinski definition) is 5. The molecule has 0 bridgehead atoms. The van der Waals surface area contributed by atoms with Gasteiger partial charge in [0.25, 0.3) is 5.91 Å². The standard InChI is InChI=1S/C17H25N5O4/c1-10(2)15(19)17(26)21-9-14(24)22-12-6-4-3-5-11(12)16(25)20-8-7-13(18)23/h3-6,10,15H,7-9,19H2,1-2H3,(H2,18,23)(H,20,25)(H,21,26)(H,22,24)/t15-/m0/s1. The molecule has 0 radical (unpaired) electrons. The Morgan fingerprint density at radius 3 is 2.35 bits per heavy atom. The number of hydrogen-bond donors (Lipinski definition) is 5. The van der Waals surface area contributed by atoms with Crippen molar-refractivity contribution in [3.05, 3.63) is 29.8 Å². The number of nitrogens with one attached hydrogen (secondary N) is 3. The average molecular weight is 363 g/mol. The van der Waals surface area contributed by atoms with Crippen molar-refractivity contribution in [3.63, 3.8) is 0 Å². The number of nitrogens with two attached hydrogens (primary N) is 2. The number of amides is 4. The monoisotopic (exact) mass is 363 g/mol. The Balaban J connectivity index is 2.64. The van der Waals surface area contributed by atoms with Crippen molar-refractivity contribution in [3.8, 4) is 0 Å². The molecule has 0 unspecified atom stereocenters. The first-order valence-corrected chi connectivity index (χ1v) is 8.21. The minimum Gasteiger partial charge on any atom is -0.370 e. The van der Waals surface area contributed by atoms with Crippen LogP contribution in [0.3, 0.4) is 0 Å². The third-order valence-corrected chi connectivity index (χ3v) is 3.55. The van der Waals surface area contributed by atoms with E-state index in [-0.39, 0.29) is 36.7 Å². The van der Waals surface area contributed by atoms with Crippen molar-refractivity contribution in [2.45, 2.75) is 26.3 Å². The van der Waals surface area contributed by atoms with Gasteiger partial charge in [-0.25, -0.2) is 0 Å². The number of anilines is 1. The third kappa shape index (κ3) is 6.89. The van der Waals surface area contributed by atoms with E-state index in [1.165, 1.54) is 6.07 Å². The first kappa shape index (κ1) is 21.1. The van der Waals surface area contributed by atoms with Gasteiger partial charge >= 0.3 is 0 Å². The van der Waals surface area contributed by atoms with Gasteiger partial charge in [-0.3, -0.25) is 19.2 Å². The fraction of sp³-hybridized carbons (Fsp3) is 0.412. The molecule has 1 rings (SSSR count). The molecular weight excluding hydrogens is 338 g/mol. The van der Waals surface area contributed by atoms with E-state index in [0.717, 1.165) is 0 Å². The zero-order chi connectivity index (χ0) is 19.7. The van der Waals surface area contributed by atoms with Gasteiger partial charge in [-0.15, -0.1) is 0 Å². The molecule has 1 aromatic carbocycles. The highest BCUT2D eigenvalue weighted by Gasteiger charge is 2.18. The van der Waals surface area contributed by atoms with E-state index >= 15 is 0 Å². The summed E-state index contributed by atoms with van der Waals surface area (Å²) in [4.78, 5) is 46.7. The molecule has 0 aliphatic heterocycles. The predicted molar refractivity (Wildman–Crippen MR) is 97.0 cm³/mol. The van der Waals surface area contributed by atoms with E-state index in [2.05, 4.69) is 16.0 Å². The Labute approximate surface area is 151 Å². The van der Waals surface area contributed by atoms with Crippen LogP contribution < -0.4 is 27.4 Å². The molecular formula is C17H25N5O4. The lowest BCUT2D eigenvalue weighted by molar-refractivity contribution is -0.125. The maximum atomic E-state index is 12.2. The Kier molecular flexibility index (Phi) is 8.23. The molecule has 4 amide bonds. The minimum absolute atomic E-state index is 0.0163. The van der Waals surface area contributed by atoms with Gasteiger partial charge in [-0.1, -0.05) is 26.0 Å². The van der Waals surface area contributed by atoms with Crippen LogP contribution in [0.15, 0.2) is 24.3 Å². The van der Waals surface area contributed by atoms with Crippen LogP contribution in [0.5, 0.6) is 0 Å². The predicted octanol–water partition coefficient (Wildman–Crippen LogP) is -0.670. The van der Waals surface area contributed by atoms with Crippen LogP contribution in [-0.2, 0) is 14.4 Å². The maximum absolute atomic E-state index is 12.2. The van der Waals surface area contributed by atoms with Crippen LogP contribution in [0.25, 0.3) is 0 Å². The molecule has 0 aromatic heterocycles. The third-order valence-electron chi connectivity index (χ3n) is 3.55. The van der Waals surface area contributed by atoms with E-state index in [4.69, 9.17) is 11.5 Å². The summed E-state index contributed by atoms with van der Waals surface area (Å²) in [5.41, 5.74) is 11.2. The van der Waals surface area contributed by atoms with Gasteiger partial charge in [0.2, 0.25) is 17.7 Å². The summed E-state index contributed by atoms with van der Waals surface area (Å²) in [6.45, 7) is 3.44. The van der Waals surface area contributed by atoms with E-state index < -0.39 is 29.7 Å². The topological polar surface area (TPSA) is 156 Å². The zero-order valence-electron chi connectivity index (χ0n) is 14.9. The molecule has 7 N–H and O–H groups in total. The molecule has 0 aliphatic rings. The van der Waals surface area contributed by atoms with E-state index in [0.29, 0.717) is 0 Å². The summed E-state index contributed by atoms with van der Waals surface area (Å²) in [5, 5.41) is 7.56. The Morgan fingerprint density at radius 2 is 1.73 bits per heavy atom. The first-order valence-electron chi connectivity index (χ1n) is 8.21. The van der Waals surface area contributed by atoms with E-state index in [1.54, 1.807) is 32.0 Å². The summed E-state index contributed by atoms with van der Waals surface area (Å²) in [7, 11) is 0. The smallest absolute Gasteiger partial charge is 0.253 e. The molecule has 0 saturated heterocycles. The molecule has 26 heavy (non-hydrogen) atoms. The lowest BCUT2D eigenvalue weighted by Crippen LogP contribution is -2.46. The van der Waals surface area contributed by atoms with Crippen molar-refractivity contribution in [2.75, 3.05) is 18.4 Å². The quantitative estimate of drug-likeness (QED) is 0.393. The lowest BCUT2D eigenvalue weighted by Gasteiger charge is -2.15. The van der Waals surface area contributed by atoms with Gasteiger partial charge in [-0.2, -0.15) is 0 Å². The van der Waals surface area contributed by atoms with Crippen molar-refractivity contribution in [2.24, 2.45) is 17.4 Å². The fourth-order valence-corrected chi connectivity index (χ4v) is 1.97. The number of rotatable bonds is 9. The summed E-state index contributed by atoms with van der Waals surface area (Å²) >= 11 is 0. The zero-order valence-corrected chi connectivity index (χ0v) is 14.9. The Hall–Kier alpha value is -2.94. The van der Waals surface area contributed by atoms with Crippen molar-refractivity contribution >= 4 is 29.3 Å². The fourth-order valence-electron chi connectivity index (χ4n) is 1.97. The number of carbonyl (C=O) groups is 4. The van der Waals surface area contributed by atoms with Crippen LogP contribution in [0, 0.1) is 5.92 Å². The SMILES string of the molecule is CC(C)[C@H](N)C(=O)NCC(=O)Nc1ccccc1C(=O)NCCC(N)=O. The lowest BCUT2D eigenvalue weighted by atomic mass is 10.1. The van der Waals surface area contributed by atoms with Crippen LogP contribution in [-0.4, -0.2) is 42.8 Å². The largest absolute Gasteiger partial charge is 0.370 e. The molecule has 1 atom stereocenters. The highest BCUT2D eigenvalue weighted by Crippen LogP contribution is 2.14. The van der Waals surface area contributed by atoms with Crippen molar-refractivity contribution in [1.29, 1.82) is 0 Å². The number of carbonyl (C=O) groups excluding carboxylic acids is 4. The average Bonchev–Trinajstić information content (AvgIpc) is 2.58. The number of para-hydroxylation sites is 1. The second kappa shape index (κ2) is 10.1. The van der Waals surface area contributed by atoms with Crippen LogP contribution in [0.4, 0.5) is 5.69 Å². The van der Waals surface area contributed by atoms with Crippen LogP contribution >= 0.6 is 0 Å². The minimum atomic E-state index is -0.703. The molecule has 0 heterocycles. The van der Waals surface area contributed by atoms with Gasteiger partial charge < -0.3 is 27.4 Å². The summed E-state index contributed by atoms with van der Waals surface area (Å²) in [6, 6.07) is 5.68. The highest BCUT2D eigenvalue weighted by molar-refractivity contribution is 6.04. The van der Waals surface area contributed by atoms with E-state index in [9.17, 15) is 19.2 Å². The van der Waals surface area contributed by atoms with Gasteiger partial charge in [0, 0.05) is 13.0 Å². The maximum Gasteiger partial charge on any atom is 0.253 e. The van der Waals surface area contributed by atoms with Gasteiger partial charge in [0.1, 0.15) is 0 Å². The molecule has 9 heteroatoms. The second-order valence-corrected chi connectivity index (χ2v) is 6.05. The van der Waals surface area contributed by atoms with Gasteiger partial charge in [0.15, 0.2) is 0 Å². The summed E-state index contributed by atoms with van der Waals surface area (Å²) in [5.74, 6) is -1.95. The molecule has 142 valence electrons. The molecule has 0 spiro atoms. The van der Waals surface area contributed by atoms with Crippen LogP contribution in [0.2, 0.25) is 0 Å². The molecule has 1 aromatic rings. The molecule has 0 fully saturated rings. The number of benzene rings is 1. The van der Waals surface area contributed by atoms with E-state index in [1.807, 2.05) is 0 Å². The Bertz CT molecular complexity index is 675. The normalized spacial score (nSPS) is 11.5. The summed E-state index contributed by atoms with van der Waals surface area (Å²) < 4.78 is 0. The van der Waals surface area contributed by atoms with Crippen molar-refractivity contribution in [1.82, 2.24) is 10.6 Å². The number of primary amides is 1. The second-order valence-electron chi connectivity index (χ2n) is 6.05. The molecule has 9 nitrogen and oxygen atoms in total. The molecule has 0 saturated carbocycles. The van der Waals surface area contributed by atoms with Crippen LogP contribution in [0.1, 0.15) is 30.6 Å². The van der Waals surface area contributed by atoms with Crippen molar-refractivity contribution < 1.29 is 19.2 Å². The van der Waals surface area contributed by atoms with Gasteiger partial charge in [0.05, 0.1) is 23.8 Å². The molecule has 0 aliphatic carbocycles. The Morgan fingerprint density at radius 1 is 1.08 bits per heavy atom. The summed E-state index contributed by atoms with van der Waals surface area (Å²) in [6.07, 6.45) is 0.0163. The highest BCUT2D eigenvalue weighted by atomic mass is 16.2.